The number of hydrogen-bond donors (Lipinski definition) is 1. The van der Waals surface area contributed by atoms with Crippen molar-refractivity contribution < 1.29 is 18.8 Å². The van der Waals surface area contributed by atoms with Gasteiger partial charge in [-0.3, -0.25) is 14.8 Å². The summed E-state index contributed by atoms with van der Waals surface area (Å²) in [5.74, 6) is -1.43. The summed E-state index contributed by atoms with van der Waals surface area (Å²) < 4.78 is 27.4. The molecule has 8 heteroatoms. The van der Waals surface area contributed by atoms with E-state index in [1.165, 1.54) is 0 Å². The van der Waals surface area contributed by atoms with Crippen LogP contribution in [0, 0.1) is 21.7 Å². The van der Waals surface area contributed by atoms with Crippen molar-refractivity contribution in [3.63, 3.8) is 0 Å². The van der Waals surface area contributed by atoms with Crippen LogP contribution in [0.25, 0.3) is 0 Å². The Kier molecular flexibility index (Phi) is 3.52. The van der Waals surface area contributed by atoms with E-state index in [4.69, 9.17) is 0 Å². The van der Waals surface area contributed by atoms with Crippen LogP contribution >= 0.6 is 0 Å². The molecule has 1 aromatic carbocycles. The largest absolute Gasteiger partial charge is 0.386 e. The van der Waals surface area contributed by atoms with Gasteiger partial charge in [0.05, 0.1) is 11.5 Å². The second-order valence-electron chi connectivity index (χ2n) is 3.86. The number of aromatic nitrogens is 2. The molecule has 100 valence electrons. The number of nitrogens with zero attached hydrogens (tertiary/aromatic N) is 3. The SMILES string of the molecule is O=[N+]([O-])c1cnn(CC(O)c2cc(F)ccc2F)c1. The first-order valence-electron chi connectivity index (χ1n) is 5.27. The van der Waals surface area contributed by atoms with Gasteiger partial charge in [0.2, 0.25) is 0 Å². The van der Waals surface area contributed by atoms with Crippen molar-refractivity contribution in [1.29, 1.82) is 0 Å². The first kappa shape index (κ1) is 13.1. The maximum Gasteiger partial charge on any atom is 0.306 e. The van der Waals surface area contributed by atoms with E-state index in [1.807, 2.05) is 0 Å². The quantitative estimate of drug-likeness (QED) is 0.677. The monoisotopic (exact) mass is 269 g/mol. The molecule has 6 nitrogen and oxygen atoms in total. The highest BCUT2D eigenvalue weighted by molar-refractivity contribution is 5.23. The highest BCUT2D eigenvalue weighted by atomic mass is 19.1. The van der Waals surface area contributed by atoms with E-state index < -0.39 is 22.7 Å². The zero-order valence-electron chi connectivity index (χ0n) is 9.53. The van der Waals surface area contributed by atoms with Gasteiger partial charge in [0, 0.05) is 5.56 Å². The summed E-state index contributed by atoms with van der Waals surface area (Å²) >= 11 is 0. The van der Waals surface area contributed by atoms with Crippen molar-refractivity contribution in [2.24, 2.45) is 0 Å². The Bertz CT molecular complexity index is 615. The fourth-order valence-corrected chi connectivity index (χ4v) is 1.59. The molecular formula is C11H9F2N3O3. The lowest BCUT2D eigenvalue weighted by atomic mass is 10.1. The molecule has 1 aromatic heterocycles. The van der Waals surface area contributed by atoms with Crippen LogP contribution in [0.1, 0.15) is 11.7 Å². The smallest absolute Gasteiger partial charge is 0.306 e. The van der Waals surface area contributed by atoms with Crippen molar-refractivity contribution >= 4 is 5.69 Å². The molecular weight excluding hydrogens is 260 g/mol. The van der Waals surface area contributed by atoms with Crippen LogP contribution in [0.3, 0.4) is 0 Å². The minimum absolute atomic E-state index is 0.214. The van der Waals surface area contributed by atoms with Crippen LogP contribution in [-0.4, -0.2) is 19.8 Å². The Balaban J connectivity index is 2.17. The molecule has 1 unspecified atom stereocenters. The molecule has 0 saturated carbocycles. The highest BCUT2D eigenvalue weighted by Crippen LogP contribution is 2.20. The van der Waals surface area contributed by atoms with Gasteiger partial charge >= 0.3 is 5.69 Å². The normalized spacial score (nSPS) is 12.4. The number of nitro groups is 1. The topological polar surface area (TPSA) is 81.2 Å². The first-order chi connectivity index (χ1) is 8.97. The van der Waals surface area contributed by atoms with E-state index in [1.54, 1.807) is 0 Å². The highest BCUT2D eigenvalue weighted by Gasteiger charge is 2.16. The molecule has 0 bridgehead atoms. The molecule has 0 amide bonds. The minimum atomic E-state index is -1.35. The molecule has 0 radical (unpaired) electrons. The molecule has 0 fully saturated rings. The van der Waals surface area contributed by atoms with Crippen LogP contribution in [-0.2, 0) is 6.54 Å². The van der Waals surface area contributed by atoms with E-state index in [2.05, 4.69) is 5.10 Å². The Morgan fingerprint density at radius 3 is 2.84 bits per heavy atom. The van der Waals surface area contributed by atoms with Crippen molar-refractivity contribution in [1.82, 2.24) is 9.78 Å². The summed E-state index contributed by atoms with van der Waals surface area (Å²) in [6.45, 7) is -0.214. The van der Waals surface area contributed by atoms with E-state index >= 15 is 0 Å². The zero-order valence-corrected chi connectivity index (χ0v) is 9.53. The van der Waals surface area contributed by atoms with Crippen molar-refractivity contribution in [3.8, 4) is 0 Å². The van der Waals surface area contributed by atoms with Gasteiger partial charge in [-0.15, -0.1) is 0 Å². The molecule has 0 aliphatic rings. The van der Waals surface area contributed by atoms with Gasteiger partial charge in [0.1, 0.15) is 30.1 Å². The van der Waals surface area contributed by atoms with E-state index in [9.17, 15) is 24.0 Å². The van der Waals surface area contributed by atoms with Crippen molar-refractivity contribution in [2.45, 2.75) is 12.6 Å². The van der Waals surface area contributed by atoms with Gasteiger partial charge in [0.25, 0.3) is 0 Å². The number of rotatable bonds is 4. The molecule has 0 spiro atoms. The Morgan fingerprint density at radius 1 is 1.47 bits per heavy atom. The third kappa shape index (κ3) is 2.91. The summed E-state index contributed by atoms with van der Waals surface area (Å²) in [7, 11) is 0. The number of halogens is 2. The summed E-state index contributed by atoms with van der Waals surface area (Å²) in [5.41, 5.74) is -0.468. The van der Waals surface area contributed by atoms with Crippen LogP contribution in [0.5, 0.6) is 0 Å². The van der Waals surface area contributed by atoms with Crippen molar-refractivity contribution in [3.05, 3.63) is 57.9 Å². The minimum Gasteiger partial charge on any atom is -0.386 e. The summed E-state index contributed by atoms with van der Waals surface area (Å²) in [6.07, 6.45) is 0.755. The maximum atomic E-state index is 13.4. The number of aliphatic hydroxyl groups excluding tert-OH is 1. The van der Waals surface area contributed by atoms with E-state index in [0.717, 1.165) is 35.3 Å². The van der Waals surface area contributed by atoms with Crippen LogP contribution in [0.15, 0.2) is 30.6 Å². The molecule has 2 rings (SSSR count). The van der Waals surface area contributed by atoms with Gasteiger partial charge in [-0.05, 0) is 18.2 Å². The van der Waals surface area contributed by atoms with Gasteiger partial charge in [-0.25, -0.2) is 8.78 Å². The average molecular weight is 269 g/mol. The average Bonchev–Trinajstić information content (AvgIpc) is 2.80. The molecule has 1 heterocycles. The predicted molar refractivity (Wildman–Crippen MR) is 60.2 cm³/mol. The molecule has 0 aliphatic carbocycles. The van der Waals surface area contributed by atoms with Crippen LogP contribution < -0.4 is 0 Å². The van der Waals surface area contributed by atoms with E-state index in [-0.39, 0.29) is 17.8 Å². The number of benzene rings is 1. The van der Waals surface area contributed by atoms with Gasteiger partial charge in [0.15, 0.2) is 0 Å². The summed E-state index contributed by atoms with van der Waals surface area (Å²) in [6, 6.07) is 2.71. The molecule has 0 aliphatic heterocycles. The second kappa shape index (κ2) is 5.11. The summed E-state index contributed by atoms with van der Waals surface area (Å²) in [5, 5.41) is 23.9. The lowest BCUT2D eigenvalue weighted by Gasteiger charge is -2.11. The van der Waals surface area contributed by atoms with Crippen LogP contribution in [0.4, 0.5) is 14.5 Å². The van der Waals surface area contributed by atoms with Gasteiger partial charge < -0.3 is 5.11 Å². The predicted octanol–water partition coefficient (Wildman–Crippen LogP) is 1.80. The molecule has 1 N–H and O–H groups in total. The second-order valence-corrected chi connectivity index (χ2v) is 3.86. The Hall–Kier alpha value is -2.35. The van der Waals surface area contributed by atoms with E-state index in [0.29, 0.717) is 0 Å². The zero-order chi connectivity index (χ0) is 14.0. The molecule has 1 atom stereocenters. The third-order valence-electron chi connectivity index (χ3n) is 2.51. The van der Waals surface area contributed by atoms with Gasteiger partial charge in [-0.1, -0.05) is 0 Å². The Morgan fingerprint density at radius 2 is 2.21 bits per heavy atom. The first-order valence-corrected chi connectivity index (χ1v) is 5.27. The number of aliphatic hydroxyl groups is 1. The van der Waals surface area contributed by atoms with Crippen LogP contribution in [0.2, 0.25) is 0 Å². The Labute approximate surface area is 106 Å². The fraction of sp³-hybridized carbons (Fsp3) is 0.182. The standard InChI is InChI=1S/C11H9F2N3O3/c12-7-1-2-10(13)9(3-7)11(17)6-15-5-8(4-14-15)16(18)19/h1-5,11,17H,6H2. The molecule has 2 aromatic rings. The fourth-order valence-electron chi connectivity index (χ4n) is 1.59. The van der Waals surface area contributed by atoms with Crippen molar-refractivity contribution in [2.75, 3.05) is 0 Å². The maximum absolute atomic E-state index is 13.4. The molecule has 19 heavy (non-hydrogen) atoms. The third-order valence-corrected chi connectivity index (χ3v) is 2.51. The van der Waals surface area contributed by atoms with Gasteiger partial charge in [-0.2, -0.15) is 5.10 Å². The lowest BCUT2D eigenvalue weighted by Crippen LogP contribution is -2.11. The lowest BCUT2D eigenvalue weighted by molar-refractivity contribution is -0.385. The molecule has 0 saturated heterocycles. The summed E-state index contributed by atoms with van der Waals surface area (Å²) in [4.78, 5) is 9.81. The number of hydrogen-bond acceptors (Lipinski definition) is 4.